The van der Waals surface area contributed by atoms with Crippen LogP contribution in [0.25, 0.3) is 0 Å². The quantitative estimate of drug-likeness (QED) is 0.777. The number of rotatable bonds is 7. The van der Waals surface area contributed by atoms with Crippen molar-refractivity contribution in [2.24, 2.45) is 0 Å². The van der Waals surface area contributed by atoms with Gasteiger partial charge >= 0.3 is 6.09 Å². The zero-order chi connectivity index (χ0) is 18.1. The van der Waals surface area contributed by atoms with E-state index in [1.807, 2.05) is 6.92 Å². The highest BCUT2D eigenvalue weighted by Crippen LogP contribution is 2.15. The normalized spacial score (nSPS) is 11.5. The first kappa shape index (κ1) is 19.4. The van der Waals surface area contributed by atoms with Crippen molar-refractivity contribution < 1.29 is 23.9 Å². The Morgan fingerprint density at radius 3 is 2.29 bits per heavy atom. The van der Waals surface area contributed by atoms with Crippen molar-refractivity contribution in [3.63, 3.8) is 0 Å². The van der Waals surface area contributed by atoms with E-state index in [1.165, 1.54) is 7.11 Å². The molecule has 8 nitrogen and oxygen atoms in total. The van der Waals surface area contributed by atoms with Crippen LogP contribution in [0.1, 0.15) is 13.8 Å². The molecular weight excluding hydrogens is 314 g/mol. The van der Waals surface area contributed by atoms with Crippen molar-refractivity contribution in [2.45, 2.75) is 19.9 Å². The maximum Gasteiger partial charge on any atom is 0.413 e. The Bertz CT molecular complexity index is 574. The lowest BCUT2D eigenvalue weighted by Crippen LogP contribution is -2.49. The van der Waals surface area contributed by atoms with Crippen molar-refractivity contribution in [1.29, 1.82) is 0 Å². The molecule has 0 fully saturated rings. The van der Waals surface area contributed by atoms with Crippen LogP contribution < -0.4 is 15.4 Å². The zero-order valence-electron chi connectivity index (χ0n) is 14.3. The zero-order valence-corrected chi connectivity index (χ0v) is 14.3. The van der Waals surface area contributed by atoms with Crippen molar-refractivity contribution in [3.8, 4) is 5.75 Å². The molecule has 0 spiro atoms. The summed E-state index contributed by atoms with van der Waals surface area (Å²) in [6.45, 7) is 3.91. The molecule has 0 heterocycles. The van der Waals surface area contributed by atoms with Gasteiger partial charge in [-0.25, -0.2) is 4.79 Å². The molecule has 24 heavy (non-hydrogen) atoms. The predicted octanol–water partition coefficient (Wildman–Crippen LogP) is 1.23. The Kier molecular flexibility index (Phi) is 7.70. The number of hydrogen-bond donors (Lipinski definition) is 2. The summed E-state index contributed by atoms with van der Waals surface area (Å²) in [6, 6.07) is 6.26. The monoisotopic (exact) mass is 337 g/mol. The van der Waals surface area contributed by atoms with Crippen molar-refractivity contribution in [1.82, 2.24) is 10.2 Å². The highest BCUT2D eigenvalue weighted by Gasteiger charge is 2.23. The van der Waals surface area contributed by atoms with Gasteiger partial charge in [-0.3, -0.25) is 19.8 Å². The third-order valence-electron chi connectivity index (χ3n) is 3.46. The first-order chi connectivity index (χ1) is 11.4. The van der Waals surface area contributed by atoms with Gasteiger partial charge in [-0.15, -0.1) is 0 Å². The van der Waals surface area contributed by atoms with Crippen LogP contribution in [0.3, 0.4) is 0 Å². The lowest BCUT2D eigenvalue weighted by molar-refractivity contribution is -0.126. The minimum Gasteiger partial charge on any atom is -0.497 e. The lowest BCUT2D eigenvalue weighted by Gasteiger charge is -2.25. The number of amides is 3. The summed E-state index contributed by atoms with van der Waals surface area (Å²) in [5.41, 5.74) is 0.628. The number of methoxy groups -OCH3 is 2. The molecule has 0 aromatic heterocycles. The molecule has 1 atom stereocenters. The van der Waals surface area contributed by atoms with Gasteiger partial charge in [0.25, 0.3) is 0 Å². The summed E-state index contributed by atoms with van der Waals surface area (Å²) < 4.78 is 9.44. The number of anilines is 1. The highest BCUT2D eigenvalue weighted by molar-refractivity contribution is 5.96. The third kappa shape index (κ3) is 5.88. The first-order valence-electron chi connectivity index (χ1n) is 7.48. The van der Waals surface area contributed by atoms with Gasteiger partial charge in [0.2, 0.25) is 11.8 Å². The van der Waals surface area contributed by atoms with Crippen LogP contribution in [-0.4, -0.2) is 56.2 Å². The van der Waals surface area contributed by atoms with E-state index in [-0.39, 0.29) is 12.5 Å². The molecule has 2 N–H and O–H groups in total. The van der Waals surface area contributed by atoms with Gasteiger partial charge in [-0.05, 0) is 37.7 Å². The average Bonchev–Trinajstić information content (AvgIpc) is 2.59. The van der Waals surface area contributed by atoms with Gasteiger partial charge in [0.05, 0.1) is 26.8 Å². The number of benzene rings is 1. The van der Waals surface area contributed by atoms with Crippen LogP contribution in [0.15, 0.2) is 24.3 Å². The number of imide groups is 1. The summed E-state index contributed by atoms with van der Waals surface area (Å²) in [7, 11) is 2.74. The summed E-state index contributed by atoms with van der Waals surface area (Å²) in [6.07, 6.45) is -0.828. The van der Waals surface area contributed by atoms with Gasteiger partial charge in [-0.2, -0.15) is 0 Å². The number of carbonyl (C=O) groups excluding carboxylic acids is 3. The summed E-state index contributed by atoms with van der Waals surface area (Å²) in [5, 5.41) is 4.84. The van der Waals surface area contributed by atoms with Crippen LogP contribution in [-0.2, 0) is 14.3 Å². The molecule has 0 bridgehead atoms. The van der Waals surface area contributed by atoms with Crippen molar-refractivity contribution >= 4 is 23.6 Å². The number of carbonyl (C=O) groups is 3. The van der Waals surface area contributed by atoms with E-state index in [9.17, 15) is 14.4 Å². The molecule has 1 aromatic rings. The molecule has 0 saturated carbocycles. The van der Waals surface area contributed by atoms with E-state index >= 15 is 0 Å². The van der Waals surface area contributed by atoms with Crippen LogP contribution in [0.4, 0.5) is 10.5 Å². The fraction of sp³-hybridized carbons (Fsp3) is 0.438. The van der Waals surface area contributed by atoms with Crippen LogP contribution in [0.2, 0.25) is 0 Å². The Morgan fingerprint density at radius 2 is 1.79 bits per heavy atom. The molecule has 0 radical (unpaired) electrons. The Labute approximate surface area is 141 Å². The Balaban J connectivity index is 2.60. The third-order valence-corrected chi connectivity index (χ3v) is 3.46. The predicted molar refractivity (Wildman–Crippen MR) is 88.9 cm³/mol. The maximum absolute atomic E-state index is 12.1. The molecule has 1 aromatic carbocycles. The van der Waals surface area contributed by atoms with Gasteiger partial charge in [-0.1, -0.05) is 6.92 Å². The number of likely N-dealkylation sites (N-methyl/N-ethyl adjacent to an activating group) is 1. The van der Waals surface area contributed by atoms with Crippen LogP contribution in [0.5, 0.6) is 5.75 Å². The molecule has 0 unspecified atom stereocenters. The number of alkyl carbamates (subject to hydrolysis) is 1. The van der Waals surface area contributed by atoms with Gasteiger partial charge in [0.1, 0.15) is 5.75 Å². The van der Waals surface area contributed by atoms with E-state index in [1.54, 1.807) is 43.2 Å². The topological polar surface area (TPSA) is 97.0 Å². The Morgan fingerprint density at radius 1 is 1.17 bits per heavy atom. The molecule has 0 saturated heterocycles. The minimum atomic E-state index is -0.828. The number of nitrogens with zero attached hydrogens (tertiary/aromatic N) is 1. The summed E-state index contributed by atoms with van der Waals surface area (Å²) in [5.74, 6) is -0.100. The molecule has 3 amide bonds. The fourth-order valence-corrected chi connectivity index (χ4v) is 2.00. The SMILES string of the molecule is CCN(CC(=O)Nc1ccc(OC)cc1)[C@@H](C)C(=O)NC(=O)OC. The maximum atomic E-state index is 12.1. The summed E-state index contributed by atoms with van der Waals surface area (Å²) in [4.78, 5) is 36.8. The lowest BCUT2D eigenvalue weighted by atomic mass is 10.2. The number of hydrogen-bond acceptors (Lipinski definition) is 6. The standard InChI is InChI=1S/C16H23N3O5/c1-5-19(11(2)15(21)18-16(22)24-4)10-14(20)17-12-6-8-13(23-3)9-7-12/h6-9,11H,5,10H2,1-4H3,(H,17,20)(H,18,21,22)/t11-/m0/s1. The van der Waals surface area contributed by atoms with E-state index in [2.05, 4.69) is 15.4 Å². The highest BCUT2D eigenvalue weighted by atomic mass is 16.5. The van der Waals surface area contributed by atoms with E-state index in [0.717, 1.165) is 0 Å². The van der Waals surface area contributed by atoms with E-state index < -0.39 is 18.0 Å². The fourth-order valence-electron chi connectivity index (χ4n) is 2.00. The second kappa shape index (κ2) is 9.51. The molecule has 0 aliphatic heterocycles. The second-order valence-electron chi connectivity index (χ2n) is 5.00. The van der Waals surface area contributed by atoms with Gasteiger partial charge < -0.3 is 14.8 Å². The molecule has 132 valence electrons. The average molecular weight is 337 g/mol. The summed E-state index contributed by atoms with van der Waals surface area (Å²) >= 11 is 0. The van der Waals surface area contributed by atoms with E-state index in [4.69, 9.17) is 4.74 Å². The second-order valence-corrected chi connectivity index (χ2v) is 5.00. The molecule has 0 aliphatic carbocycles. The molecule has 1 rings (SSSR count). The van der Waals surface area contributed by atoms with Gasteiger partial charge in [0, 0.05) is 5.69 Å². The van der Waals surface area contributed by atoms with Crippen molar-refractivity contribution in [3.05, 3.63) is 24.3 Å². The molecule has 8 heteroatoms. The number of nitrogens with one attached hydrogen (secondary N) is 2. The van der Waals surface area contributed by atoms with Gasteiger partial charge in [0.15, 0.2) is 0 Å². The first-order valence-corrected chi connectivity index (χ1v) is 7.48. The van der Waals surface area contributed by atoms with E-state index in [0.29, 0.717) is 18.0 Å². The minimum absolute atomic E-state index is 0.0122. The van der Waals surface area contributed by atoms with Crippen LogP contribution in [0, 0.1) is 0 Å². The van der Waals surface area contributed by atoms with Crippen molar-refractivity contribution in [2.75, 3.05) is 32.6 Å². The van der Waals surface area contributed by atoms with Crippen LogP contribution >= 0.6 is 0 Å². The molecular formula is C16H23N3O5. The smallest absolute Gasteiger partial charge is 0.413 e. The largest absolute Gasteiger partial charge is 0.497 e. The number of ether oxygens (including phenoxy) is 2. The Hall–Kier alpha value is -2.61. The molecule has 0 aliphatic rings.